The molecular formula is C14H22ClFN4. The van der Waals surface area contributed by atoms with E-state index in [1.165, 1.54) is 19.4 Å². The Morgan fingerprint density at radius 3 is 3.10 bits per heavy atom. The summed E-state index contributed by atoms with van der Waals surface area (Å²) in [6, 6.07) is 0.896. The molecule has 3 heterocycles. The Kier molecular flexibility index (Phi) is 3.67. The van der Waals surface area contributed by atoms with E-state index >= 15 is 0 Å². The second-order valence-corrected chi connectivity index (χ2v) is 6.95. The van der Waals surface area contributed by atoms with Crippen LogP contribution in [0.4, 0.5) is 4.39 Å². The van der Waals surface area contributed by atoms with E-state index in [2.05, 4.69) is 34.4 Å². The highest BCUT2D eigenvalue weighted by molar-refractivity contribution is 6.65. The fourth-order valence-corrected chi connectivity index (χ4v) is 4.02. The highest BCUT2D eigenvalue weighted by Crippen LogP contribution is 2.37. The normalized spacial score (nSPS) is 33.5. The fraction of sp³-hybridized carbons (Fsp3) is 0.786. The average molecular weight is 301 g/mol. The lowest BCUT2D eigenvalue weighted by Gasteiger charge is -2.48. The second-order valence-electron chi connectivity index (χ2n) is 6.59. The maximum atomic E-state index is 13.8. The number of nitrogens with one attached hydrogen (secondary N) is 2. The molecule has 2 atom stereocenters. The summed E-state index contributed by atoms with van der Waals surface area (Å²) >= 11 is 5.83. The Labute approximate surface area is 124 Å². The van der Waals surface area contributed by atoms with Gasteiger partial charge in [0.2, 0.25) is 0 Å². The topological polar surface area (TPSA) is 39.7 Å². The Morgan fingerprint density at radius 1 is 1.50 bits per heavy atom. The quantitative estimate of drug-likeness (QED) is 0.769. The van der Waals surface area contributed by atoms with E-state index in [1.54, 1.807) is 0 Å². The molecule has 0 aromatic carbocycles. The number of hydrogen-bond donors (Lipinski definition) is 2. The van der Waals surface area contributed by atoms with Gasteiger partial charge in [-0.25, -0.2) is 4.39 Å². The molecule has 3 rings (SSSR count). The molecule has 2 fully saturated rings. The van der Waals surface area contributed by atoms with Crippen molar-refractivity contribution in [3.63, 3.8) is 0 Å². The van der Waals surface area contributed by atoms with Crippen LogP contribution in [0, 0.1) is 0 Å². The molecule has 0 aliphatic carbocycles. The molecule has 0 radical (unpaired) electrons. The first-order valence-corrected chi connectivity index (χ1v) is 7.72. The van der Waals surface area contributed by atoms with E-state index < -0.39 is 0 Å². The molecule has 2 N–H and O–H groups in total. The van der Waals surface area contributed by atoms with E-state index in [-0.39, 0.29) is 29.2 Å². The third-order valence-electron chi connectivity index (χ3n) is 4.66. The molecule has 1 unspecified atom stereocenters. The molecule has 0 aromatic heterocycles. The Morgan fingerprint density at radius 2 is 2.30 bits per heavy atom. The van der Waals surface area contributed by atoms with E-state index in [0.717, 1.165) is 12.8 Å². The summed E-state index contributed by atoms with van der Waals surface area (Å²) < 4.78 is 13.8. The van der Waals surface area contributed by atoms with Crippen molar-refractivity contribution < 1.29 is 4.39 Å². The number of nitrogens with zero attached hydrogens (tertiary/aromatic N) is 2. The summed E-state index contributed by atoms with van der Waals surface area (Å²) in [5, 5.41) is 6.36. The summed E-state index contributed by atoms with van der Waals surface area (Å²) in [5.74, 6) is 0.137. The van der Waals surface area contributed by atoms with E-state index in [4.69, 9.17) is 11.6 Å². The molecule has 4 nitrogen and oxygen atoms in total. The van der Waals surface area contributed by atoms with Crippen LogP contribution in [-0.2, 0) is 0 Å². The van der Waals surface area contributed by atoms with Gasteiger partial charge in [-0.3, -0.25) is 9.89 Å². The number of amidine groups is 1. The Bertz CT molecular complexity index is 460. The molecule has 0 bridgehead atoms. The van der Waals surface area contributed by atoms with Crippen molar-refractivity contribution >= 4 is 16.9 Å². The van der Waals surface area contributed by atoms with E-state index in [9.17, 15) is 4.39 Å². The molecule has 6 heteroatoms. The lowest BCUT2D eigenvalue weighted by molar-refractivity contribution is 0.0396. The number of fused-ring (bicyclic) bond motifs is 1. The molecule has 0 spiro atoms. The minimum Gasteiger partial charge on any atom is -0.366 e. The van der Waals surface area contributed by atoms with Crippen LogP contribution in [0.15, 0.2) is 16.6 Å². The van der Waals surface area contributed by atoms with Gasteiger partial charge in [0.15, 0.2) is 11.1 Å². The van der Waals surface area contributed by atoms with E-state index in [1.807, 2.05) is 0 Å². The summed E-state index contributed by atoms with van der Waals surface area (Å²) in [4.78, 5) is 6.44. The standard InChI is InChI=1S/C14H22ClFN4/c1-14(2)7-9(6-10-4-3-5-20(10)14)18-12-11(16)8-17-13(15)19-12/h9-10,18H,3-8H2,1-2H3,(H,17,19)/t9?,10-/m0/s1. The van der Waals surface area contributed by atoms with Gasteiger partial charge in [0, 0.05) is 17.6 Å². The Balaban J connectivity index is 1.69. The number of hydrogen-bond acceptors (Lipinski definition) is 4. The zero-order chi connectivity index (χ0) is 14.3. The number of aliphatic imine (C=N–C) groups is 1. The predicted molar refractivity (Wildman–Crippen MR) is 79.4 cm³/mol. The maximum Gasteiger partial charge on any atom is 0.197 e. The van der Waals surface area contributed by atoms with Crippen molar-refractivity contribution in [1.82, 2.24) is 15.5 Å². The van der Waals surface area contributed by atoms with Gasteiger partial charge in [-0.05, 0) is 57.7 Å². The molecular weight excluding hydrogens is 279 g/mol. The lowest BCUT2D eigenvalue weighted by atomic mass is 9.84. The largest absolute Gasteiger partial charge is 0.366 e. The molecule has 0 amide bonds. The van der Waals surface area contributed by atoms with Crippen molar-refractivity contribution in [3.05, 3.63) is 11.6 Å². The molecule has 2 saturated heterocycles. The first-order chi connectivity index (χ1) is 9.45. The minimum absolute atomic E-state index is 0.0276. The number of halogens is 2. The van der Waals surface area contributed by atoms with Crippen molar-refractivity contribution in [2.45, 2.75) is 57.2 Å². The third kappa shape index (κ3) is 2.66. The minimum atomic E-state index is -0.263. The van der Waals surface area contributed by atoms with Crippen LogP contribution in [0.2, 0.25) is 0 Å². The highest BCUT2D eigenvalue weighted by Gasteiger charge is 2.43. The Hall–Kier alpha value is -0.810. The van der Waals surface area contributed by atoms with Gasteiger partial charge >= 0.3 is 0 Å². The van der Waals surface area contributed by atoms with Crippen LogP contribution in [0.5, 0.6) is 0 Å². The van der Waals surface area contributed by atoms with E-state index in [0.29, 0.717) is 11.9 Å². The molecule has 3 aliphatic heterocycles. The van der Waals surface area contributed by atoms with Crippen LogP contribution >= 0.6 is 11.6 Å². The summed E-state index contributed by atoms with van der Waals surface area (Å²) in [6.45, 7) is 5.79. The predicted octanol–water partition coefficient (Wildman–Crippen LogP) is 2.32. The van der Waals surface area contributed by atoms with Gasteiger partial charge in [-0.1, -0.05) is 0 Å². The summed E-state index contributed by atoms with van der Waals surface area (Å²) in [6.07, 6.45) is 4.60. The molecule has 0 saturated carbocycles. The van der Waals surface area contributed by atoms with Crippen molar-refractivity contribution in [1.29, 1.82) is 0 Å². The zero-order valence-electron chi connectivity index (χ0n) is 12.0. The first kappa shape index (κ1) is 14.1. The fourth-order valence-electron chi connectivity index (χ4n) is 3.87. The van der Waals surface area contributed by atoms with Crippen LogP contribution in [0.1, 0.15) is 39.5 Å². The van der Waals surface area contributed by atoms with Crippen LogP contribution in [0.3, 0.4) is 0 Å². The van der Waals surface area contributed by atoms with Crippen LogP contribution in [0.25, 0.3) is 0 Å². The second kappa shape index (κ2) is 5.19. The van der Waals surface area contributed by atoms with Crippen LogP contribution in [-0.4, -0.2) is 40.9 Å². The molecule has 112 valence electrons. The van der Waals surface area contributed by atoms with Crippen molar-refractivity contribution in [3.8, 4) is 0 Å². The lowest BCUT2D eigenvalue weighted by Crippen LogP contribution is -2.57. The van der Waals surface area contributed by atoms with Gasteiger partial charge in [0.25, 0.3) is 0 Å². The van der Waals surface area contributed by atoms with Gasteiger partial charge < -0.3 is 10.6 Å². The number of piperidine rings is 1. The van der Waals surface area contributed by atoms with Gasteiger partial charge in [0.05, 0.1) is 6.54 Å². The molecule has 0 aromatic rings. The highest BCUT2D eigenvalue weighted by atomic mass is 35.5. The molecule has 3 aliphatic rings. The van der Waals surface area contributed by atoms with Crippen molar-refractivity contribution in [2.75, 3.05) is 13.1 Å². The monoisotopic (exact) mass is 300 g/mol. The van der Waals surface area contributed by atoms with Gasteiger partial charge in [-0.15, -0.1) is 0 Å². The summed E-state index contributed by atoms with van der Waals surface area (Å²) in [5.41, 5.74) is 0.167. The van der Waals surface area contributed by atoms with Crippen LogP contribution < -0.4 is 10.6 Å². The zero-order valence-corrected chi connectivity index (χ0v) is 12.8. The SMILES string of the molecule is CC1(C)CC(NC2=C(F)CN=C(Cl)N2)C[C@@H]2CCCN21. The first-order valence-electron chi connectivity index (χ1n) is 7.34. The number of rotatable bonds is 2. The third-order valence-corrected chi connectivity index (χ3v) is 4.88. The molecule has 20 heavy (non-hydrogen) atoms. The smallest absolute Gasteiger partial charge is 0.197 e. The van der Waals surface area contributed by atoms with Crippen molar-refractivity contribution in [2.24, 2.45) is 4.99 Å². The van der Waals surface area contributed by atoms with Gasteiger partial charge in [0.1, 0.15) is 5.82 Å². The maximum absolute atomic E-state index is 13.8. The average Bonchev–Trinajstić information content (AvgIpc) is 2.82. The van der Waals surface area contributed by atoms with Gasteiger partial charge in [-0.2, -0.15) is 0 Å². The summed E-state index contributed by atoms with van der Waals surface area (Å²) in [7, 11) is 0.